The number of hydrogen-bond donors (Lipinski definition) is 0. The summed E-state index contributed by atoms with van der Waals surface area (Å²) in [6.45, 7) is 4.59. The van der Waals surface area contributed by atoms with Crippen LogP contribution in [0.3, 0.4) is 0 Å². The molecule has 0 unspecified atom stereocenters. The van der Waals surface area contributed by atoms with Gasteiger partial charge in [-0.2, -0.15) is 4.98 Å². The van der Waals surface area contributed by atoms with E-state index in [0.29, 0.717) is 18.7 Å². The quantitative estimate of drug-likeness (QED) is 0.807. The van der Waals surface area contributed by atoms with Crippen LogP contribution in [0.15, 0.2) is 34.9 Å². The molecule has 1 aromatic carbocycles. The molecular formula is C19H26N4O2. The minimum atomic E-state index is 0.103. The van der Waals surface area contributed by atoms with E-state index < -0.39 is 0 Å². The first-order valence-corrected chi connectivity index (χ1v) is 9.01. The van der Waals surface area contributed by atoms with Gasteiger partial charge in [0.1, 0.15) is 0 Å². The molecule has 0 spiro atoms. The minimum Gasteiger partial charge on any atom is -0.339 e. The Morgan fingerprint density at radius 2 is 2.04 bits per heavy atom. The molecule has 1 saturated heterocycles. The fourth-order valence-electron chi connectivity index (χ4n) is 3.25. The summed E-state index contributed by atoms with van der Waals surface area (Å²) < 4.78 is 5.24. The molecule has 0 bridgehead atoms. The van der Waals surface area contributed by atoms with Crippen LogP contribution in [-0.2, 0) is 17.6 Å². The van der Waals surface area contributed by atoms with Crippen LogP contribution in [0.4, 0.5) is 0 Å². The first kappa shape index (κ1) is 17.6. The number of aryl methyl sites for hydroxylation is 2. The van der Waals surface area contributed by atoms with Gasteiger partial charge in [0.2, 0.25) is 11.8 Å². The van der Waals surface area contributed by atoms with Gasteiger partial charge in [0.25, 0.3) is 0 Å². The predicted octanol–water partition coefficient (Wildman–Crippen LogP) is 2.47. The second-order valence-electron chi connectivity index (χ2n) is 6.63. The van der Waals surface area contributed by atoms with Crippen LogP contribution < -0.4 is 0 Å². The van der Waals surface area contributed by atoms with Crippen molar-refractivity contribution in [2.75, 3.05) is 26.7 Å². The van der Waals surface area contributed by atoms with Gasteiger partial charge in [-0.25, -0.2) is 0 Å². The smallest absolute Gasteiger partial charge is 0.227 e. The molecule has 1 aliphatic rings. The highest BCUT2D eigenvalue weighted by atomic mass is 16.5. The molecule has 2 heterocycles. The molecule has 1 aliphatic heterocycles. The molecule has 1 aromatic heterocycles. The van der Waals surface area contributed by atoms with Gasteiger partial charge in [-0.15, -0.1) is 0 Å². The van der Waals surface area contributed by atoms with E-state index in [1.165, 1.54) is 5.56 Å². The van der Waals surface area contributed by atoms with Crippen LogP contribution in [0, 0.1) is 0 Å². The van der Waals surface area contributed by atoms with Gasteiger partial charge >= 0.3 is 0 Å². The zero-order chi connectivity index (χ0) is 17.6. The number of carbonyl (C=O) groups is 1. The first-order chi connectivity index (χ1) is 12.2. The van der Waals surface area contributed by atoms with E-state index in [9.17, 15) is 4.79 Å². The van der Waals surface area contributed by atoms with E-state index in [4.69, 9.17) is 4.52 Å². The van der Waals surface area contributed by atoms with Crippen molar-refractivity contribution in [3.63, 3.8) is 0 Å². The highest BCUT2D eigenvalue weighted by Crippen LogP contribution is 2.25. The van der Waals surface area contributed by atoms with Crippen molar-refractivity contribution in [2.24, 2.45) is 0 Å². The monoisotopic (exact) mass is 342 g/mol. The number of benzene rings is 1. The number of carbonyl (C=O) groups excluding carboxylic acids is 1. The van der Waals surface area contributed by atoms with E-state index in [2.05, 4.69) is 41.1 Å². The van der Waals surface area contributed by atoms with Crippen molar-refractivity contribution in [3.8, 4) is 0 Å². The maximum atomic E-state index is 12.8. The molecule has 0 aliphatic carbocycles. The molecule has 0 saturated carbocycles. The topological polar surface area (TPSA) is 62.5 Å². The summed E-state index contributed by atoms with van der Waals surface area (Å²) in [5.74, 6) is 1.44. The summed E-state index contributed by atoms with van der Waals surface area (Å²) in [5.41, 5.74) is 1.19. The minimum absolute atomic E-state index is 0.103. The molecule has 1 atom stereocenters. The SMILES string of the molecule is CCCc1noc(CCC(=O)N2CCN(C)C[C@H]2c2ccccc2)n1. The molecule has 3 rings (SSSR count). The zero-order valence-corrected chi connectivity index (χ0v) is 15.0. The highest BCUT2D eigenvalue weighted by molar-refractivity contribution is 5.77. The molecule has 0 N–H and O–H groups in total. The summed E-state index contributed by atoms with van der Waals surface area (Å²) in [4.78, 5) is 21.4. The summed E-state index contributed by atoms with van der Waals surface area (Å²) in [6, 6.07) is 10.4. The molecule has 6 nitrogen and oxygen atoms in total. The lowest BCUT2D eigenvalue weighted by Crippen LogP contribution is -2.49. The number of rotatable bonds is 6. The Hall–Kier alpha value is -2.21. The van der Waals surface area contributed by atoms with Gasteiger partial charge in [-0.3, -0.25) is 4.79 Å². The molecule has 25 heavy (non-hydrogen) atoms. The number of nitrogens with zero attached hydrogens (tertiary/aromatic N) is 4. The standard InChI is InChI=1S/C19H26N4O2/c1-3-7-17-20-18(25-21-17)10-11-19(24)23-13-12-22(2)14-16(23)15-8-5-4-6-9-15/h4-6,8-9,16H,3,7,10-14H2,1-2H3/t16-/m0/s1. The third-order valence-corrected chi connectivity index (χ3v) is 4.62. The predicted molar refractivity (Wildman–Crippen MR) is 95.0 cm³/mol. The molecule has 134 valence electrons. The lowest BCUT2D eigenvalue weighted by Gasteiger charge is -2.40. The van der Waals surface area contributed by atoms with Crippen molar-refractivity contribution in [1.29, 1.82) is 0 Å². The second kappa shape index (κ2) is 8.25. The average molecular weight is 342 g/mol. The van der Waals surface area contributed by atoms with Crippen molar-refractivity contribution < 1.29 is 9.32 Å². The maximum absolute atomic E-state index is 12.8. The van der Waals surface area contributed by atoms with E-state index in [1.807, 2.05) is 23.1 Å². The fraction of sp³-hybridized carbons (Fsp3) is 0.526. The fourth-order valence-corrected chi connectivity index (χ4v) is 3.25. The molecule has 1 fully saturated rings. The van der Waals surface area contributed by atoms with Crippen LogP contribution >= 0.6 is 0 Å². The van der Waals surface area contributed by atoms with E-state index in [1.54, 1.807) is 0 Å². The number of aromatic nitrogens is 2. The van der Waals surface area contributed by atoms with Crippen molar-refractivity contribution in [2.45, 2.75) is 38.6 Å². The lowest BCUT2D eigenvalue weighted by atomic mass is 10.0. The Balaban J connectivity index is 1.64. The average Bonchev–Trinajstić information content (AvgIpc) is 3.08. The molecule has 2 aromatic rings. The molecule has 1 amide bonds. The molecule has 0 radical (unpaired) electrons. The van der Waals surface area contributed by atoms with Crippen LogP contribution in [0.25, 0.3) is 0 Å². The first-order valence-electron chi connectivity index (χ1n) is 9.01. The summed E-state index contributed by atoms with van der Waals surface area (Å²) in [7, 11) is 2.10. The van der Waals surface area contributed by atoms with Gasteiger partial charge in [0.05, 0.1) is 6.04 Å². The van der Waals surface area contributed by atoms with Gasteiger partial charge in [0, 0.05) is 38.9 Å². The zero-order valence-electron chi connectivity index (χ0n) is 15.0. The number of likely N-dealkylation sites (N-methyl/N-ethyl adjacent to an activating group) is 1. The van der Waals surface area contributed by atoms with Crippen molar-refractivity contribution in [1.82, 2.24) is 19.9 Å². The molecular weight excluding hydrogens is 316 g/mol. The van der Waals surface area contributed by atoms with Crippen LogP contribution in [0.2, 0.25) is 0 Å². The van der Waals surface area contributed by atoms with Crippen molar-refractivity contribution >= 4 is 5.91 Å². The largest absolute Gasteiger partial charge is 0.339 e. The Morgan fingerprint density at radius 1 is 1.24 bits per heavy atom. The highest BCUT2D eigenvalue weighted by Gasteiger charge is 2.30. The summed E-state index contributed by atoms with van der Waals surface area (Å²) in [5, 5.41) is 3.95. The normalized spacial score (nSPS) is 18.5. The van der Waals surface area contributed by atoms with E-state index in [-0.39, 0.29) is 11.9 Å². The third kappa shape index (κ3) is 4.45. The second-order valence-corrected chi connectivity index (χ2v) is 6.63. The maximum Gasteiger partial charge on any atom is 0.227 e. The van der Waals surface area contributed by atoms with Crippen LogP contribution in [-0.4, -0.2) is 52.5 Å². The number of piperazine rings is 1. The third-order valence-electron chi connectivity index (χ3n) is 4.62. The lowest BCUT2D eigenvalue weighted by molar-refractivity contribution is -0.136. The van der Waals surface area contributed by atoms with Gasteiger partial charge < -0.3 is 14.3 Å². The van der Waals surface area contributed by atoms with Gasteiger partial charge in [-0.1, -0.05) is 42.4 Å². The van der Waals surface area contributed by atoms with Crippen LogP contribution in [0.5, 0.6) is 0 Å². The molecule has 6 heteroatoms. The van der Waals surface area contributed by atoms with Crippen LogP contribution in [0.1, 0.15) is 43.1 Å². The van der Waals surface area contributed by atoms with Crippen molar-refractivity contribution in [3.05, 3.63) is 47.6 Å². The van der Waals surface area contributed by atoms with Gasteiger partial charge in [0.15, 0.2) is 5.82 Å². The Bertz CT molecular complexity index is 686. The van der Waals surface area contributed by atoms with Gasteiger partial charge in [-0.05, 0) is 19.0 Å². The summed E-state index contributed by atoms with van der Waals surface area (Å²) in [6.07, 6.45) is 2.70. The Labute approximate surface area is 148 Å². The number of amides is 1. The summed E-state index contributed by atoms with van der Waals surface area (Å²) >= 11 is 0. The van der Waals surface area contributed by atoms with E-state index in [0.717, 1.165) is 38.3 Å². The Kier molecular flexibility index (Phi) is 5.81. The Morgan fingerprint density at radius 3 is 2.80 bits per heavy atom. The van der Waals surface area contributed by atoms with E-state index >= 15 is 0 Å². The number of hydrogen-bond acceptors (Lipinski definition) is 5.